The van der Waals surface area contributed by atoms with E-state index in [0.29, 0.717) is 24.2 Å². The predicted molar refractivity (Wildman–Crippen MR) is 155 cm³/mol. The van der Waals surface area contributed by atoms with E-state index in [1.165, 1.54) is 0 Å². The van der Waals surface area contributed by atoms with Crippen LogP contribution in [0.3, 0.4) is 0 Å². The fourth-order valence-corrected chi connectivity index (χ4v) is 11.8. The van der Waals surface area contributed by atoms with Crippen molar-refractivity contribution >= 4 is 0 Å². The summed E-state index contributed by atoms with van der Waals surface area (Å²) in [6, 6.07) is 0. The van der Waals surface area contributed by atoms with Crippen LogP contribution in [0.4, 0.5) is 0 Å². The zero-order valence-corrected chi connectivity index (χ0v) is 26.5. The van der Waals surface area contributed by atoms with E-state index in [0.717, 1.165) is 38.7 Å². The standard InChI is InChI=1S/C33H54O11/c1-15-5-8-33(41-14-15)16(2)25-21(44-33)10-19-17-9-24(36)32(40)12-22(42-29-28(39)27(38)26(37)23(13-34)43-29)20(35)11-31(32,4)18(17)6-7-30(19,25)3/h15-29,34-40H,5-14H2,1-4H3/t15-,16-,17+,18-,19-,20-,21-,22+,23+,24+,25-,26+,27-,28+,29+,30-,31+,32+,33+/m0/s1. The van der Waals surface area contributed by atoms with Gasteiger partial charge in [0.2, 0.25) is 0 Å². The fourth-order valence-electron chi connectivity index (χ4n) is 11.8. The average molecular weight is 627 g/mol. The van der Waals surface area contributed by atoms with Gasteiger partial charge in [0.05, 0.1) is 43.2 Å². The molecular formula is C33H54O11. The maximum atomic E-state index is 12.3. The van der Waals surface area contributed by atoms with E-state index in [1.54, 1.807) is 0 Å². The Morgan fingerprint density at radius 3 is 2.32 bits per heavy atom. The minimum Gasteiger partial charge on any atom is -0.394 e. The minimum atomic E-state index is -1.62. The minimum absolute atomic E-state index is 0.0365. The second-order valence-electron chi connectivity index (χ2n) is 16.3. The van der Waals surface area contributed by atoms with Gasteiger partial charge in [-0.2, -0.15) is 0 Å². The molecule has 0 aromatic rings. The van der Waals surface area contributed by atoms with Gasteiger partial charge < -0.3 is 54.7 Å². The van der Waals surface area contributed by atoms with Gasteiger partial charge in [-0.15, -0.1) is 0 Å². The van der Waals surface area contributed by atoms with Crippen LogP contribution in [0.5, 0.6) is 0 Å². The Morgan fingerprint density at radius 1 is 0.886 bits per heavy atom. The highest BCUT2D eigenvalue weighted by Crippen LogP contribution is 2.72. The Kier molecular flexibility index (Phi) is 7.87. The third-order valence-corrected chi connectivity index (χ3v) is 14.3. The van der Waals surface area contributed by atoms with Crippen molar-refractivity contribution in [3.8, 4) is 0 Å². The van der Waals surface area contributed by atoms with Gasteiger partial charge in [-0.3, -0.25) is 0 Å². The number of ether oxygens (including phenoxy) is 4. The van der Waals surface area contributed by atoms with E-state index in [1.807, 2.05) is 6.92 Å². The van der Waals surface area contributed by atoms with Crippen molar-refractivity contribution in [2.45, 2.75) is 146 Å². The normalized spacial score (nSPS) is 62.1. The zero-order valence-electron chi connectivity index (χ0n) is 26.5. The molecule has 0 radical (unpaired) electrons. The molecule has 252 valence electrons. The highest BCUT2D eigenvalue weighted by molar-refractivity contribution is 5.20. The van der Waals surface area contributed by atoms with Gasteiger partial charge >= 0.3 is 0 Å². The number of fused-ring (bicyclic) bond motifs is 7. The van der Waals surface area contributed by atoms with E-state index in [9.17, 15) is 35.7 Å². The largest absolute Gasteiger partial charge is 0.394 e. The summed E-state index contributed by atoms with van der Waals surface area (Å²) in [5, 5.41) is 76.0. The quantitative estimate of drug-likeness (QED) is 0.219. The van der Waals surface area contributed by atoms with Gasteiger partial charge in [-0.25, -0.2) is 0 Å². The highest BCUT2D eigenvalue weighted by atomic mass is 16.7. The molecule has 19 atom stereocenters. The summed E-state index contributed by atoms with van der Waals surface area (Å²) in [7, 11) is 0. The Morgan fingerprint density at radius 2 is 1.64 bits per heavy atom. The molecule has 3 saturated heterocycles. The maximum Gasteiger partial charge on any atom is 0.187 e. The summed E-state index contributed by atoms with van der Waals surface area (Å²) in [6.07, 6.45) is -4.87. The van der Waals surface area contributed by atoms with Crippen LogP contribution in [0, 0.1) is 46.3 Å². The van der Waals surface area contributed by atoms with Crippen molar-refractivity contribution in [3.05, 3.63) is 0 Å². The number of rotatable bonds is 3. The fraction of sp³-hybridized carbons (Fsp3) is 1.00. The summed E-state index contributed by atoms with van der Waals surface area (Å²) in [4.78, 5) is 0. The van der Waals surface area contributed by atoms with Crippen LogP contribution >= 0.6 is 0 Å². The number of aliphatic hydroxyl groups is 7. The van der Waals surface area contributed by atoms with Gasteiger partial charge in [-0.1, -0.05) is 27.7 Å². The van der Waals surface area contributed by atoms with Crippen molar-refractivity contribution in [1.82, 2.24) is 0 Å². The summed E-state index contributed by atoms with van der Waals surface area (Å²) >= 11 is 0. The first-order chi connectivity index (χ1) is 20.7. The average Bonchev–Trinajstić information content (AvgIpc) is 3.42. The molecule has 11 nitrogen and oxygen atoms in total. The molecule has 4 saturated carbocycles. The lowest BCUT2D eigenvalue weighted by molar-refractivity contribution is -0.340. The monoisotopic (exact) mass is 626 g/mol. The number of aliphatic hydroxyl groups excluding tert-OH is 6. The topological polar surface area (TPSA) is 179 Å². The van der Waals surface area contributed by atoms with Gasteiger partial charge in [0.1, 0.15) is 24.4 Å². The van der Waals surface area contributed by atoms with E-state index in [2.05, 4.69) is 20.8 Å². The van der Waals surface area contributed by atoms with Crippen LogP contribution in [-0.4, -0.2) is 115 Å². The van der Waals surface area contributed by atoms with Crippen LogP contribution in [0.2, 0.25) is 0 Å². The third kappa shape index (κ3) is 4.34. The summed E-state index contributed by atoms with van der Waals surface area (Å²) in [6.45, 7) is 9.10. The summed E-state index contributed by atoms with van der Waals surface area (Å²) in [5.74, 6) is 1.31. The molecule has 7 fully saturated rings. The molecule has 11 heteroatoms. The van der Waals surface area contributed by atoms with E-state index >= 15 is 0 Å². The Labute approximate surface area is 259 Å². The third-order valence-electron chi connectivity index (χ3n) is 14.3. The second-order valence-corrected chi connectivity index (χ2v) is 16.3. The van der Waals surface area contributed by atoms with Gasteiger partial charge in [0.25, 0.3) is 0 Å². The van der Waals surface area contributed by atoms with E-state index < -0.39 is 72.4 Å². The van der Waals surface area contributed by atoms with Crippen LogP contribution in [-0.2, 0) is 18.9 Å². The molecule has 3 heterocycles. The number of hydrogen-bond donors (Lipinski definition) is 7. The lowest BCUT2D eigenvalue weighted by Crippen LogP contribution is -2.71. The van der Waals surface area contributed by atoms with E-state index in [-0.39, 0.29) is 42.1 Å². The Balaban J connectivity index is 1.10. The van der Waals surface area contributed by atoms with Crippen molar-refractivity contribution in [2.24, 2.45) is 46.3 Å². The molecule has 0 amide bonds. The smallest absolute Gasteiger partial charge is 0.187 e. The molecule has 7 aliphatic rings. The van der Waals surface area contributed by atoms with Gasteiger partial charge in [-0.05, 0) is 73.5 Å². The van der Waals surface area contributed by atoms with Crippen molar-refractivity contribution in [3.63, 3.8) is 0 Å². The highest BCUT2D eigenvalue weighted by Gasteiger charge is 2.72. The Hall–Kier alpha value is -0.440. The van der Waals surface area contributed by atoms with Crippen LogP contribution in [0.1, 0.15) is 79.1 Å². The van der Waals surface area contributed by atoms with Crippen molar-refractivity contribution < 1.29 is 54.7 Å². The van der Waals surface area contributed by atoms with Gasteiger partial charge in [0.15, 0.2) is 12.1 Å². The van der Waals surface area contributed by atoms with Crippen molar-refractivity contribution in [1.29, 1.82) is 0 Å². The lowest BCUT2D eigenvalue weighted by atomic mass is 9.42. The zero-order chi connectivity index (χ0) is 31.6. The van der Waals surface area contributed by atoms with Gasteiger partial charge in [0, 0.05) is 24.2 Å². The predicted octanol–water partition coefficient (Wildman–Crippen LogP) is 0.675. The molecule has 0 unspecified atom stereocenters. The van der Waals surface area contributed by atoms with Crippen LogP contribution in [0.15, 0.2) is 0 Å². The molecule has 0 aromatic heterocycles. The summed E-state index contributed by atoms with van der Waals surface area (Å²) < 4.78 is 24.8. The molecule has 3 aliphatic heterocycles. The molecule has 7 N–H and O–H groups in total. The molecular weight excluding hydrogens is 572 g/mol. The maximum absolute atomic E-state index is 12.3. The van der Waals surface area contributed by atoms with Crippen LogP contribution in [0.25, 0.3) is 0 Å². The number of hydrogen-bond acceptors (Lipinski definition) is 11. The molecule has 1 spiro atoms. The van der Waals surface area contributed by atoms with E-state index in [4.69, 9.17) is 18.9 Å². The molecule has 0 aromatic carbocycles. The SMILES string of the molecule is C[C@H]1CC[C@@]2(OC1)O[C@H]1C[C@H]3[C@@H]4C[C@@H](O)[C@]5(O)C[C@@H](O[C@@H]6O[C@H](CO)[C@@H](O)[C@H](O)[C@H]6O)[C@@H](O)C[C@]5(C)[C@H]4CC[C@]3(C)[C@H]1[C@@H]2C. The molecule has 44 heavy (non-hydrogen) atoms. The first-order valence-corrected chi connectivity index (χ1v) is 17.1. The van der Waals surface area contributed by atoms with Crippen molar-refractivity contribution in [2.75, 3.05) is 13.2 Å². The molecule has 7 rings (SSSR count). The first kappa shape index (κ1) is 32.1. The lowest BCUT2D eigenvalue weighted by Gasteiger charge is -2.66. The Bertz CT molecular complexity index is 1080. The second kappa shape index (κ2) is 10.8. The summed E-state index contributed by atoms with van der Waals surface area (Å²) in [5.41, 5.74) is -2.29. The molecule has 0 bridgehead atoms. The van der Waals surface area contributed by atoms with Crippen LogP contribution < -0.4 is 0 Å². The molecule has 4 aliphatic carbocycles. The first-order valence-electron chi connectivity index (χ1n) is 17.1.